The van der Waals surface area contributed by atoms with Crippen molar-refractivity contribution in [3.05, 3.63) is 83.4 Å². The molecule has 34 heavy (non-hydrogen) atoms. The van der Waals surface area contributed by atoms with Gasteiger partial charge in [-0.1, -0.05) is 23.7 Å². The average Bonchev–Trinajstić information content (AvgIpc) is 2.81. The van der Waals surface area contributed by atoms with Crippen LogP contribution in [0.15, 0.2) is 77.7 Å². The zero-order valence-corrected chi connectivity index (χ0v) is 20.6. The standard InChI is InChI=1S/C25H27ClN2O5S/c1-3-32-22-11-9-21(10-12-22)28(34(30,31)24-13-7-20(26)8-14-24)18-25(29)27-15-16-33-23-6-4-5-19(2)17-23/h4-14,17H,3,15-16,18H2,1-2H3,(H,27,29). The highest BCUT2D eigenvalue weighted by molar-refractivity contribution is 7.92. The third-order valence-electron chi connectivity index (χ3n) is 4.81. The third-order valence-corrected chi connectivity index (χ3v) is 6.85. The van der Waals surface area contributed by atoms with Crippen molar-refractivity contribution < 1.29 is 22.7 Å². The minimum atomic E-state index is -4.03. The van der Waals surface area contributed by atoms with Gasteiger partial charge >= 0.3 is 0 Å². The number of benzene rings is 3. The summed E-state index contributed by atoms with van der Waals surface area (Å²) < 4.78 is 38.9. The second-order valence-electron chi connectivity index (χ2n) is 7.41. The van der Waals surface area contributed by atoms with Crippen molar-refractivity contribution in [3.63, 3.8) is 0 Å². The summed E-state index contributed by atoms with van der Waals surface area (Å²) in [7, 11) is -4.03. The van der Waals surface area contributed by atoms with Gasteiger partial charge in [-0.05, 0) is 80.1 Å². The monoisotopic (exact) mass is 502 g/mol. The van der Waals surface area contributed by atoms with Crippen molar-refractivity contribution in [3.8, 4) is 11.5 Å². The van der Waals surface area contributed by atoms with Crippen molar-refractivity contribution >= 4 is 33.2 Å². The lowest BCUT2D eigenvalue weighted by Crippen LogP contribution is -2.41. The number of rotatable bonds is 11. The summed E-state index contributed by atoms with van der Waals surface area (Å²) in [5.41, 5.74) is 1.41. The van der Waals surface area contributed by atoms with E-state index in [-0.39, 0.29) is 18.0 Å². The maximum absolute atomic E-state index is 13.4. The zero-order chi connectivity index (χ0) is 24.6. The highest BCUT2D eigenvalue weighted by Gasteiger charge is 2.27. The molecule has 0 fully saturated rings. The molecule has 1 N–H and O–H groups in total. The molecule has 3 aromatic rings. The first-order valence-electron chi connectivity index (χ1n) is 10.8. The number of sulfonamides is 1. The molecule has 0 aromatic heterocycles. The molecule has 0 saturated carbocycles. The molecule has 9 heteroatoms. The highest BCUT2D eigenvalue weighted by atomic mass is 35.5. The van der Waals surface area contributed by atoms with Gasteiger partial charge in [-0.3, -0.25) is 9.10 Å². The van der Waals surface area contributed by atoms with E-state index in [0.717, 1.165) is 9.87 Å². The second kappa shape index (κ2) is 11.8. The molecule has 3 rings (SSSR count). The van der Waals surface area contributed by atoms with Crippen LogP contribution in [0.5, 0.6) is 11.5 Å². The third kappa shape index (κ3) is 6.88. The van der Waals surface area contributed by atoms with Crippen LogP contribution in [0.1, 0.15) is 12.5 Å². The van der Waals surface area contributed by atoms with E-state index in [0.29, 0.717) is 28.8 Å². The topological polar surface area (TPSA) is 84.9 Å². The van der Waals surface area contributed by atoms with E-state index < -0.39 is 22.5 Å². The number of ether oxygens (including phenoxy) is 2. The molecule has 3 aromatic carbocycles. The predicted molar refractivity (Wildman–Crippen MR) is 133 cm³/mol. The van der Waals surface area contributed by atoms with Crippen LogP contribution < -0.4 is 19.1 Å². The molecule has 0 saturated heterocycles. The molecule has 0 radical (unpaired) electrons. The lowest BCUT2D eigenvalue weighted by Gasteiger charge is -2.24. The molecule has 1 amide bonds. The zero-order valence-electron chi connectivity index (χ0n) is 19.0. The number of halogens is 1. The van der Waals surface area contributed by atoms with E-state index in [4.69, 9.17) is 21.1 Å². The first-order chi connectivity index (χ1) is 16.3. The fourth-order valence-corrected chi connectivity index (χ4v) is 4.72. The van der Waals surface area contributed by atoms with E-state index in [1.807, 2.05) is 38.1 Å². The molecule has 180 valence electrons. The van der Waals surface area contributed by atoms with Gasteiger partial charge in [0.1, 0.15) is 24.7 Å². The number of nitrogens with one attached hydrogen (secondary N) is 1. The summed E-state index contributed by atoms with van der Waals surface area (Å²) in [5, 5.41) is 3.13. The van der Waals surface area contributed by atoms with E-state index in [1.165, 1.54) is 24.3 Å². The summed E-state index contributed by atoms with van der Waals surface area (Å²) in [5.74, 6) is 0.850. The van der Waals surface area contributed by atoms with Crippen molar-refractivity contribution in [2.75, 3.05) is 30.6 Å². The van der Waals surface area contributed by atoms with Gasteiger partial charge in [-0.2, -0.15) is 0 Å². The molecule has 0 aliphatic heterocycles. The minimum Gasteiger partial charge on any atom is -0.494 e. The van der Waals surface area contributed by atoms with Crippen molar-refractivity contribution in [2.45, 2.75) is 18.7 Å². The van der Waals surface area contributed by atoms with Crippen LogP contribution in [0.3, 0.4) is 0 Å². The van der Waals surface area contributed by atoms with Crippen LogP contribution in [0.25, 0.3) is 0 Å². The lowest BCUT2D eigenvalue weighted by atomic mass is 10.2. The fourth-order valence-electron chi connectivity index (χ4n) is 3.17. The predicted octanol–water partition coefficient (Wildman–Crippen LogP) is 4.44. The van der Waals surface area contributed by atoms with E-state index in [2.05, 4.69) is 5.32 Å². The Morgan fingerprint density at radius 3 is 2.32 bits per heavy atom. The minimum absolute atomic E-state index is 0.0290. The second-order valence-corrected chi connectivity index (χ2v) is 9.71. The summed E-state index contributed by atoms with van der Waals surface area (Å²) >= 11 is 5.92. The van der Waals surface area contributed by atoms with Crippen molar-refractivity contribution in [2.24, 2.45) is 0 Å². The van der Waals surface area contributed by atoms with Crippen LogP contribution in [0.2, 0.25) is 5.02 Å². The number of amides is 1. The molecule has 0 unspecified atom stereocenters. The van der Waals surface area contributed by atoms with Gasteiger partial charge in [0.15, 0.2) is 0 Å². The SMILES string of the molecule is CCOc1ccc(N(CC(=O)NCCOc2cccc(C)c2)S(=O)(=O)c2ccc(Cl)cc2)cc1. The number of aryl methyl sites for hydroxylation is 1. The van der Waals surface area contributed by atoms with Crippen molar-refractivity contribution in [1.82, 2.24) is 5.32 Å². The van der Waals surface area contributed by atoms with Gasteiger partial charge in [0.2, 0.25) is 5.91 Å². The Morgan fingerprint density at radius 1 is 0.971 bits per heavy atom. The number of carbonyl (C=O) groups is 1. The Kier molecular flexibility index (Phi) is 8.79. The molecule has 0 spiro atoms. The Bertz CT molecular complexity index is 1200. The Hall–Kier alpha value is -3.23. The Labute approximate surface area is 205 Å². The molecule has 0 heterocycles. The van der Waals surface area contributed by atoms with Gasteiger partial charge in [0, 0.05) is 5.02 Å². The number of hydrogen-bond donors (Lipinski definition) is 1. The molecule has 0 atom stereocenters. The molecule has 7 nitrogen and oxygen atoms in total. The molecular weight excluding hydrogens is 476 g/mol. The van der Waals surface area contributed by atoms with Gasteiger partial charge in [-0.15, -0.1) is 0 Å². The summed E-state index contributed by atoms with van der Waals surface area (Å²) in [4.78, 5) is 12.7. The lowest BCUT2D eigenvalue weighted by molar-refractivity contribution is -0.119. The normalized spacial score (nSPS) is 11.0. The number of carbonyl (C=O) groups excluding carboxylic acids is 1. The maximum Gasteiger partial charge on any atom is 0.264 e. The molecular formula is C25H27ClN2O5S. The smallest absolute Gasteiger partial charge is 0.264 e. The largest absolute Gasteiger partial charge is 0.494 e. The van der Waals surface area contributed by atoms with E-state index in [9.17, 15) is 13.2 Å². The van der Waals surface area contributed by atoms with Crippen LogP contribution >= 0.6 is 11.6 Å². The van der Waals surface area contributed by atoms with E-state index in [1.54, 1.807) is 24.3 Å². The first kappa shape index (κ1) is 25.4. The maximum atomic E-state index is 13.4. The van der Waals surface area contributed by atoms with Gasteiger partial charge in [0.05, 0.1) is 23.7 Å². The number of hydrogen-bond acceptors (Lipinski definition) is 5. The van der Waals surface area contributed by atoms with Crippen LogP contribution in [-0.2, 0) is 14.8 Å². The van der Waals surface area contributed by atoms with Gasteiger partial charge < -0.3 is 14.8 Å². The highest BCUT2D eigenvalue weighted by Crippen LogP contribution is 2.26. The Balaban J connectivity index is 1.72. The molecule has 0 bridgehead atoms. The molecule has 0 aliphatic rings. The van der Waals surface area contributed by atoms with Crippen LogP contribution in [0, 0.1) is 6.92 Å². The van der Waals surface area contributed by atoms with Crippen LogP contribution in [0.4, 0.5) is 5.69 Å². The van der Waals surface area contributed by atoms with Crippen LogP contribution in [-0.4, -0.2) is 40.6 Å². The number of nitrogens with zero attached hydrogens (tertiary/aromatic N) is 1. The van der Waals surface area contributed by atoms with Gasteiger partial charge in [0.25, 0.3) is 10.0 Å². The fraction of sp³-hybridized carbons (Fsp3) is 0.240. The summed E-state index contributed by atoms with van der Waals surface area (Å²) in [6, 6.07) is 19.9. The van der Waals surface area contributed by atoms with Gasteiger partial charge in [-0.25, -0.2) is 8.42 Å². The first-order valence-corrected chi connectivity index (χ1v) is 12.6. The van der Waals surface area contributed by atoms with E-state index >= 15 is 0 Å². The number of anilines is 1. The molecule has 0 aliphatic carbocycles. The summed E-state index contributed by atoms with van der Waals surface area (Å²) in [6.45, 7) is 4.39. The Morgan fingerprint density at radius 2 is 1.68 bits per heavy atom. The summed E-state index contributed by atoms with van der Waals surface area (Å²) in [6.07, 6.45) is 0. The average molecular weight is 503 g/mol. The quantitative estimate of drug-likeness (QED) is 0.392. The van der Waals surface area contributed by atoms with Crippen molar-refractivity contribution in [1.29, 1.82) is 0 Å².